The van der Waals surface area contributed by atoms with Crippen molar-refractivity contribution in [3.05, 3.63) is 182 Å². The Morgan fingerprint density at radius 3 is 1.65 bits per heavy atom. The highest BCUT2D eigenvalue weighted by Crippen LogP contribution is 2.47. The van der Waals surface area contributed by atoms with E-state index in [-0.39, 0.29) is 0 Å². The Hall–Kier alpha value is -6.84. The molecule has 8 aromatic carbocycles. The SMILES string of the molecule is c1ccc(-n2c3ccccc3c3c4c5ccccc5n(-c5ccccc5)c4c(-c4cccc(-c5cccc6c5oc5ccccc56)c4)cc32)cc1. The molecule has 3 heteroatoms. The zero-order valence-electron chi connectivity index (χ0n) is 27.6. The first kappa shape index (κ1) is 28.0. The van der Waals surface area contributed by atoms with Gasteiger partial charge in [-0.3, -0.25) is 0 Å². The van der Waals surface area contributed by atoms with E-state index in [0.717, 1.165) is 50.0 Å². The van der Waals surface area contributed by atoms with Gasteiger partial charge in [0.2, 0.25) is 0 Å². The van der Waals surface area contributed by atoms with Crippen molar-refractivity contribution in [2.24, 2.45) is 0 Å². The smallest absolute Gasteiger partial charge is 0.143 e. The van der Waals surface area contributed by atoms with E-state index < -0.39 is 0 Å². The topological polar surface area (TPSA) is 23.0 Å². The van der Waals surface area contributed by atoms with Crippen LogP contribution in [0.15, 0.2) is 186 Å². The zero-order chi connectivity index (χ0) is 33.5. The number of aromatic nitrogens is 2. The maximum absolute atomic E-state index is 6.52. The number of nitrogens with zero attached hydrogens (tertiary/aromatic N) is 2. The largest absolute Gasteiger partial charge is 0.455 e. The molecule has 0 aliphatic rings. The van der Waals surface area contributed by atoms with Gasteiger partial charge in [0.15, 0.2) is 0 Å². The molecule has 0 aliphatic heterocycles. The number of hydrogen-bond donors (Lipinski definition) is 0. The van der Waals surface area contributed by atoms with Crippen LogP contribution in [0.2, 0.25) is 0 Å². The highest BCUT2D eigenvalue weighted by atomic mass is 16.3. The molecule has 51 heavy (non-hydrogen) atoms. The number of furan rings is 1. The average Bonchev–Trinajstić information content (AvgIpc) is 3.86. The second kappa shape index (κ2) is 10.8. The molecule has 0 spiro atoms. The molecular weight excluding hydrogens is 621 g/mol. The van der Waals surface area contributed by atoms with Crippen LogP contribution in [-0.4, -0.2) is 9.13 Å². The van der Waals surface area contributed by atoms with Gasteiger partial charge in [0.05, 0.1) is 22.1 Å². The van der Waals surface area contributed by atoms with Crippen LogP contribution in [0.25, 0.3) is 99.2 Å². The van der Waals surface area contributed by atoms with Gasteiger partial charge in [0, 0.05) is 54.8 Å². The lowest BCUT2D eigenvalue weighted by molar-refractivity contribution is 0.670. The quantitative estimate of drug-likeness (QED) is 0.186. The van der Waals surface area contributed by atoms with Crippen LogP contribution >= 0.6 is 0 Å². The van der Waals surface area contributed by atoms with Crippen LogP contribution in [0.1, 0.15) is 0 Å². The molecule has 3 aromatic heterocycles. The van der Waals surface area contributed by atoms with Gasteiger partial charge in [-0.25, -0.2) is 0 Å². The molecular formula is C48H30N2O. The summed E-state index contributed by atoms with van der Waals surface area (Å²) in [7, 11) is 0. The first-order valence-electron chi connectivity index (χ1n) is 17.4. The standard InChI is InChI=1S/C48H30N2O/c1-3-17-33(18-4-1)49-41-26-10-7-22-38(41)45-43(49)30-40(47-46(45)39-23-8-11-27-42(39)50(47)34-19-5-2-6-20-34)32-16-13-15-31(29-32)35-24-14-25-37-36-21-9-12-28-44(36)51-48(35)37/h1-30H. The minimum absolute atomic E-state index is 0.907. The van der Waals surface area contributed by atoms with Gasteiger partial charge in [0.25, 0.3) is 0 Å². The number of benzene rings is 8. The van der Waals surface area contributed by atoms with Gasteiger partial charge < -0.3 is 13.6 Å². The molecule has 0 amide bonds. The van der Waals surface area contributed by atoms with Crippen LogP contribution in [0, 0.1) is 0 Å². The van der Waals surface area contributed by atoms with E-state index in [2.05, 4.69) is 185 Å². The van der Waals surface area contributed by atoms with Gasteiger partial charge in [-0.15, -0.1) is 0 Å². The van der Waals surface area contributed by atoms with Crippen molar-refractivity contribution < 1.29 is 4.42 Å². The van der Waals surface area contributed by atoms with E-state index >= 15 is 0 Å². The summed E-state index contributed by atoms with van der Waals surface area (Å²) < 4.78 is 11.4. The van der Waals surface area contributed by atoms with E-state index in [0.29, 0.717) is 0 Å². The summed E-state index contributed by atoms with van der Waals surface area (Å²) in [5, 5.41) is 7.28. The fourth-order valence-corrected chi connectivity index (χ4v) is 8.36. The molecule has 0 radical (unpaired) electrons. The molecule has 3 heterocycles. The molecule has 0 fully saturated rings. The lowest BCUT2D eigenvalue weighted by atomic mass is 9.94. The monoisotopic (exact) mass is 650 g/mol. The zero-order valence-corrected chi connectivity index (χ0v) is 27.6. The first-order chi connectivity index (χ1) is 25.3. The summed E-state index contributed by atoms with van der Waals surface area (Å²) in [4.78, 5) is 0. The third-order valence-corrected chi connectivity index (χ3v) is 10.5. The highest BCUT2D eigenvalue weighted by molar-refractivity contribution is 6.31. The normalized spacial score (nSPS) is 11.9. The summed E-state index contributed by atoms with van der Waals surface area (Å²) in [5.74, 6) is 0. The van der Waals surface area contributed by atoms with Crippen molar-refractivity contribution in [2.75, 3.05) is 0 Å². The number of fused-ring (bicyclic) bond motifs is 10. The maximum atomic E-state index is 6.52. The summed E-state index contributed by atoms with van der Waals surface area (Å²) in [6.07, 6.45) is 0. The van der Waals surface area contributed by atoms with Crippen molar-refractivity contribution in [3.63, 3.8) is 0 Å². The second-order valence-electron chi connectivity index (χ2n) is 13.3. The van der Waals surface area contributed by atoms with Crippen LogP contribution < -0.4 is 0 Å². The number of hydrogen-bond acceptors (Lipinski definition) is 1. The molecule has 11 rings (SSSR count). The molecule has 238 valence electrons. The third-order valence-electron chi connectivity index (χ3n) is 10.5. The Morgan fingerprint density at radius 1 is 0.353 bits per heavy atom. The molecule has 0 unspecified atom stereocenters. The van der Waals surface area contributed by atoms with E-state index in [1.54, 1.807) is 0 Å². The molecule has 0 atom stereocenters. The molecule has 0 bridgehead atoms. The number of para-hydroxylation sites is 6. The average molecular weight is 651 g/mol. The van der Waals surface area contributed by atoms with Crippen molar-refractivity contribution in [3.8, 4) is 33.6 Å². The van der Waals surface area contributed by atoms with Crippen molar-refractivity contribution >= 4 is 65.6 Å². The van der Waals surface area contributed by atoms with Crippen LogP contribution in [0.3, 0.4) is 0 Å². The van der Waals surface area contributed by atoms with Crippen LogP contribution in [-0.2, 0) is 0 Å². The Bertz CT molecular complexity index is 3130. The molecule has 3 nitrogen and oxygen atoms in total. The van der Waals surface area contributed by atoms with Crippen molar-refractivity contribution in [1.82, 2.24) is 9.13 Å². The molecule has 0 saturated heterocycles. The first-order valence-corrected chi connectivity index (χ1v) is 17.4. The maximum Gasteiger partial charge on any atom is 0.143 e. The van der Waals surface area contributed by atoms with E-state index in [9.17, 15) is 0 Å². The lowest BCUT2D eigenvalue weighted by Crippen LogP contribution is -1.97. The Kier molecular flexibility index (Phi) is 5.96. The molecule has 11 aromatic rings. The van der Waals surface area contributed by atoms with Gasteiger partial charge in [0.1, 0.15) is 11.2 Å². The third kappa shape index (κ3) is 4.06. The van der Waals surface area contributed by atoms with E-state index in [1.807, 2.05) is 6.07 Å². The predicted molar refractivity (Wildman–Crippen MR) is 213 cm³/mol. The van der Waals surface area contributed by atoms with Gasteiger partial charge in [-0.1, -0.05) is 127 Å². The van der Waals surface area contributed by atoms with Gasteiger partial charge >= 0.3 is 0 Å². The Morgan fingerprint density at radius 2 is 0.902 bits per heavy atom. The summed E-state index contributed by atoms with van der Waals surface area (Å²) in [5.41, 5.74) is 13.4. The molecule has 0 N–H and O–H groups in total. The Labute approximate surface area is 293 Å². The minimum atomic E-state index is 0.907. The summed E-state index contributed by atoms with van der Waals surface area (Å²) >= 11 is 0. The van der Waals surface area contributed by atoms with E-state index in [1.165, 1.54) is 49.2 Å². The second-order valence-corrected chi connectivity index (χ2v) is 13.3. The fourth-order valence-electron chi connectivity index (χ4n) is 8.36. The van der Waals surface area contributed by atoms with Crippen molar-refractivity contribution in [1.29, 1.82) is 0 Å². The summed E-state index contributed by atoms with van der Waals surface area (Å²) in [6.45, 7) is 0. The lowest BCUT2D eigenvalue weighted by Gasteiger charge is -2.15. The van der Waals surface area contributed by atoms with Crippen LogP contribution in [0.4, 0.5) is 0 Å². The minimum Gasteiger partial charge on any atom is -0.455 e. The highest BCUT2D eigenvalue weighted by Gasteiger charge is 2.24. The Balaban J connectivity index is 1.30. The molecule has 0 saturated carbocycles. The van der Waals surface area contributed by atoms with E-state index in [4.69, 9.17) is 4.42 Å². The van der Waals surface area contributed by atoms with Crippen LogP contribution in [0.5, 0.6) is 0 Å². The predicted octanol–water partition coefficient (Wildman–Crippen LogP) is 13.1. The van der Waals surface area contributed by atoms with Crippen molar-refractivity contribution in [2.45, 2.75) is 0 Å². The van der Waals surface area contributed by atoms with Gasteiger partial charge in [-0.05, 0) is 65.7 Å². The fraction of sp³-hybridized carbons (Fsp3) is 0. The number of rotatable bonds is 4. The summed E-state index contributed by atoms with van der Waals surface area (Å²) in [6, 6.07) is 65.4. The van der Waals surface area contributed by atoms with Gasteiger partial charge in [-0.2, -0.15) is 0 Å². The molecule has 0 aliphatic carbocycles.